The first kappa shape index (κ1) is 13.0. The number of phenolic OH excluding ortho intramolecular Hbond substituents is 2. The van der Waals surface area contributed by atoms with Gasteiger partial charge in [-0.25, -0.2) is 0 Å². The van der Waals surface area contributed by atoms with E-state index in [4.69, 9.17) is 0 Å². The van der Waals surface area contributed by atoms with Crippen LogP contribution in [0.1, 0.15) is 26.3 Å². The molecule has 1 heterocycles. The highest BCUT2D eigenvalue weighted by molar-refractivity contribution is 6.23. The van der Waals surface area contributed by atoms with Crippen LogP contribution in [-0.4, -0.2) is 22.0 Å². The summed E-state index contributed by atoms with van der Waals surface area (Å²) in [6.45, 7) is 0.339. The Morgan fingerprint density at radius 2 is 1.81 bits per heavy atom. The first-order chi connectivity index (χ1) is 10.1. The second-order valence-corrected chi connectivity index (χ2v) is 4.69. The fourth-order valence-electron chi connectivity index (χ4n) is 2.24. The summed E-state index contributed by atoms with van der Waals surface area (Å²) in [5.41, 5.74) is 1.94. The molecule has 0 saturated carbocycles. The molecule has 6 nitrogen and oxygen atoms in total. The van der Waals surface area contributed by atoms with Gasteiger partial charge in [-0.1, -0.05) is 12.1 Å². The van der Waals surface area contributed by atoms with Crippen LogP contribution in [0.15, 0.2) is 36.4 Å². The second-order valence-electron chi connectivity index (χ2n) is 4.69. The lowest BCUT2D eigenvalue weighted by Crippen LogP contribution is -2.20. The topological polar surface area (TPSA) is 98.7 Å². The van der Waals surface area contributed by atoms with E-state index in [2.05, 4.69) is 10.6 Å². The third-order valence-corrected chi connectivity index (χ3v) is 3.29. The van der Waals surface area contributed by atoms with Gasteiger partial charge in [-0.05, 0) is 29.8 Å². The quantitative estimate of drug-likeness (QED) is 0.507. The van der Waals surface area contributed by atoms with E-state index in [1.807, 2.05) is 0 Å². The molecule has 106 valence electrons. The average Bonchev–Trinajstić information content (AvgIpc) is 2.76. The van der Waals surface area contributed by atoms with Crippen LogP contribution in [0.25, 0.3) is 0 Å². The summed E-state index contributed by atoms with van der Waals surface area (Å²) in [5.74, 6) is -1.22. The second kappa shape index (κ2) is 4.82. The predicted molar refractivity (Wildman–Crippen MR) is 75.3 cm³/mol. The number of carbonyl (C=O) groups excluding carboxylic acids is 2. The van der Waals surface area contributed by atoms with Gasteiger partial charge in [-0.2, -0.15) is 0 Å². The van der Waals surface area contributed by atoms with Crippen LogP contribution in [0.4, 0.5) is 5.69 Å². The highest BCUT2D eigenvalue weighted by atomic mass is 16.3. The van der Waals surface area contributed by atoms with Crippen LogP contribution in [-0.2, 0) is 6.54 Å². The minimum Gasteiger partial charge on any atom is -0.504 e. The molecule has 0 bridgehead atoms. The number of aromatic hydroxyl groups is 2. The molecule has 0 saturated heterocycles. The van der Waals surface area contributed by atoms with E-state index in [1.54, 1.807) is 24.3 Å². The summed E-state index contributed by atoms with van der Waals surface area (Å²) in [6.07, 6.45) is 0. The highest BCUT2D eigenvalue weighted by Gasteiger charge is 2.29. The Labute approximate surface area is 120 Å². The Morgan fingerprint density at radius 1 is 1.00 bits per heavy atom. The molecule has 0 unspecified atom stereocenters. The van der Waals surface area contributed by atoms with Gasteiger partial charge < -0.3 is 15.5 Å². The molecule has 0 fully saturated rings. The third-order valence-electron chi connectivity index (χ3n) is 3.29. The number of carbonyl (C=O) groups is 2. The first-order valence-electron chi connectivity index (χ1n) is 6.29. The zero-order chi connectivity index (χ0) is 15.0. The summed E-state index contributed by atoms with van der Waals surface area (Å²) >= 11 is 0. The van der Waals surface area contributed by atoms with Crippen molar-refractivity contribution in [3.05, 3.63) is 53.1 Å². The van der Waals surface area contributed by atoms with Crippen LogP contribution >= 0.6 is 0 Å². The summed E-state index contributed by atoms with van der Waals surface area (Å²) in [7, 11) is 0. The highest BCUT2D eigenvalue weighted by Crippen LogP contribution is 2.27. The lowest BCUT2D eigenvalue weighted by atomic mass is 10.1. The molecule has 0 aliphatic carbocycles. The Balaban J connectivity index is 1.85. The van der Waals surface area contributed by atoms with Crippen molar-refractivity contribution in [2.45, 2.75) is 6.54 Å². The van der Waals surface area contributed by atoms with Gasteiger partial charge in [0.15, 0.2) is 11.5 Å². The maximum atomic E-state index is 11.8. The van der Waals surface area contributed by atoms with Crippen LogP contribution in [0.3, 0.4) is 0 Å². The number of fused-ring (bicyclic) bond motifs is 1. The van der Waals surface area contributed by atoms with Crippen molar-refractivity contribution >= 4 is 17.5 Å². The number of benzene rings is 2. The number of hydrogen-bond acceptors (Lipinski definition) is 5. The van der Waals surface area contributed by atoms with Crippen molar-refractivity contribution in [3.8, 4) is 11.5 Å². The molecule has 1 aliphatic heterocycles. The molecule has 0 atom stereocenters. The summed E-state index contributed by atoms with van der Waals surface area (Å²) in [5, 5.41) is 24.0. The monoisotopic (exact) mass is 284 g/mol. The number of nitrogens with one attached hydrogen (secondary N) is 2. The predicted octanol–water partition coefficient (Wildman–Crippen LogP) is 1.59. The maximum Gasteiger partial charge on any atom is 0.261 e. The van der Waals surface area contributed by atoms with Gasteiger partial charge in [-0.3, -0.25) is 14.9 Å². The molecule has 0 aromatic heterocycles. The van der Waals surface area contributed by atoms with Crippen LogP contribution < -0.4 is 10.6 Å². The molecular formula is C15H12N2O4. The lowest BCUT2D eigenvalue weighted by molar-refractivity contribution is 0.0880. The van der Waals surface area contributed by atoms with Crippen LogP contribution in [0, 0.1) is 0 Å². The van der Waals surface area contributed by atoms with E-state index >= 15 is 0 Å². The SMILES string of the molecule is O=C1NC(=O)c2c(NCc3ccc(O)c(O)c3)cccc21. The molecule has 2 aromatic rings. The van der Waals surface area contributed by atoms with Gasteiger partial charge >= 0.3 is 0 Å². The van der Waals surface area contributed by atoms with Gasteiger partial charge in [-0.15, -0.1) is 0 Å². The molecule has 6 heteroatoms. The van der Waals surface area contributed by atoms with Crippen molar-refractivity contribution < 1.29 is 19.8 Å². The zero-order valence-corrected chi connectivity index (χ0v) is 10.9. The minimum atomic E-state index is -0.424. The van der Waals surface area contributed by atoms with E-state index in [0.717, 1.165) is 5.56 Å². The molecule has 1 aliphatic rings. The van der Waals surface area contributed by atoms with E-state index in [0.29, 0.717) is 23.4 Å². The number of anilines is 1. The average molecular weight is 284 g/mol. The maximum absolute atomic E-state index is 11.8. The smallest absolute Gasteiger partial charge is 0.261 e. The number of hydrogen-bond donors (Lipinski definition) is 4. The molecule has 2 aromatic carbocycles. The zero-order valence-electron chi connectivity index (χ0n) is 10.9. The molecule has 0 radical (unpaired) electrons. The van der Waals surface area contributed by atoms with Crippen molar-refractivity contribution in [2.24, 2.45) is 0 Å². The molecule has 3 rings (SSSR count). The first-order valence-corrected chi connectivity index (χ1v) is 6.29. The third kappa shape index (κ3) is 2.27. The number of amides is 2. The fourth-order valence-corrected chi connectivity index (χ4v) is 2.24. The van der Waals surface area contributed by atoms with Gasteiger partial charge in [0.25, 0.3) is 11.8 Å². The Kier molecular flexibility index (Phi) is 2.98. The number of rotatable bonds is 3. The minimum absolute atomic E-state index is 0.190. The standard InChI is InChI=1S/C15H12N2O4/c18-11-5-4-8(6-12(11)19)7-16-10-3-1-2-9-13(10)15(21)17-14(9)20/h1-6,16,18-19H,7H2,(H,17,20,21). The van der Waals surface area contributed by atoms with E-state index in [1.165, 1.54) is 12.1 Å². The molecule has 2 amide bonds. The molecule has 21 heavy (non-hydrogen) atoms. The lowest BCUT2D eigenvalue weighted by Gasteiger charge is -2.10. The van der Waals surface area contributed by atoms with Crippen molar-refractivity contribution in [1.29, 1.82) is 0 Å². The van der Waals surface area contributed by atoms with Crippen molar-refractivity contribution in [3.63, 3.8) is 0 Å². The Morgan fingerprint density at radius 3 is 2.57 bits per heavy atom. The largest absolute Gasteiger partial charge is 0.504 e. The molecule has 4 N–H and O–H groups in total. The van der Waals surface area contributed by atoms with E-state index in [-0.39, 0.29) is 11.5 Å². The summed E-state index contributed by atoms with van der Waals surface area (Å²) in [6, 6.07) is 9.45. The number of phenols is 2. The Bertz CT molecular complexity index is 755. The Hall–Kier alpha value is -3.02. The van der Waals surface area contributed by atoms with Crippen molar-refractivity contribution in [1.82, 2.24) is 5.32 Å². The van der Waals surface area contributed by atoms with Gasteiger partial charge in [0, 0.05) is 12.2 Å². The van der Waals surface area contributed by atoms with Gasteiger partial charge in [0.2, 0.25) is 0 Å². The summed E-state index contributed by atoms with van der Waals surface area (Å²) in [4.78, 5) is 23.3. The molecular weight excluding hydrogens is 272 g/mol. The fraction of sp³-hybridized carbons (Fsp3) is 0.0667. The normalized spacial score (nSPS) is 13.0. The van der Waals surface area contributed by atoms with E-state index in [9.17, 15) is 19.8 Å². The number of imide groups is 1. The summed E-state index contributed by atoms with van der Waals surface area (Å²) < 4.78 is 0. The van der Waals surface area contributed by atoms with E-state index < -0.39 is 11.8 Å². The van der Waals surface area contributed by atoms with Crippen LogP contribution in [0.5, 0.6) is 11.5 Å². The molecule has 0 spiro atoms. The van der Waals surface area contributed by atoms with Crippen LogP contribution in [0.2, 0.25) is 0 Å². The van der Waals surface area contributed by atoms with Gasteiger partial charge in [0.1, 0.15) is 0 Å². The van der Waals surface area contributed by atoms with Crippen molar-refractivity contribution in [2.75, 3.05) is 5.32 Å². The van der Waals surface area contributed by atoms with Gasteiger partial charge in [0.05, 0.1) is 11.1 Å².